The fourth-order valence-electron chi connectivity index (χ4n) is 4.41. The summed E-state index contributed by atoms with van der Waals surface area (Å²) in [7, 11) is 1.75. The number of thiophene rings is 1. The van der Waals surface area contributed by atoms with Gasteiger partial charge in [-0.2, -0.15) is 5.10 Å². The van der Waals surface area contributed by atoms with Crippen LogP contribution in [0.3, 0.4) is 0 Å². The molecular weight excluding hydrogens is 558 g/mol. The van der Waals surface area contributed by atoms with E-state index in [1.165, 1.54) is 17.7 Å². The number of nitrogens with zero attached hydrogens (tertiary/aromatic N) is 5. The monoisotopic (exact) mass is 593 g/mol. The number of aromatic nitrogens is 4. The van der Waals surface area contributed by atoms with Crippen LogP contribution in [0.1, 0.15) is 34.6 Å². The molecule has 0 bridgehead atoms. The number of carbonyl (C=O) groups excluding carboxylic acids is 1. The van der Waals surface area contributed by atoms with E-state index in [1.807, 2.05) is 67.6 Å². The zero-order chi connectivity index (χ0) is 30.8. The summed E-state index contributed by atoms with van der Waals surface area (Å²) in [5.41, 5.74) is 9.38. The van der Waals surface area contributed by atoms with E-state index in [9.17, 15) is 9.90 Å². The van der Waals surface area contributed by atoms with Gasteiger partial charge in [-0.25, -0.2) is 14.6 Å². The molecule has 6 rings (SSSR count). The summed E-state index contributed by atoms with van der Waals surface area (Å²) >= 11 is 1.49. The topological polar surface area (TPSA) is 131 Å². The number of amides is 1. The number of carbonyl (C=O) groups is 1. The van der Waals surface area contributed by atoms with Crippen LogP contribution in [0.4, 0.5) is 5.82 Å². The first-order valence-electron chi connectivity index (χ1n) is 13.7. The fraction of sp³-hybridized carbons (Fsp3) is 0.182. The number of hydrogen-bond donors (Lipinski definition) is 3. The van der Waals surface area contributed by atoms with Crippen molar-refractivity contribution in [3.63, 3.8) is 0 Å². The van der Waals surface area contributed by atoms with Crippen molar-refractivity contribution in [2.24, 2.45) is 4.99 Å². The predicted molar refractivity (Wildman–Crippen MR) is 177 cm³/mol. The van der Waals surface area contributed by atoms with Gasteiger partial charge in [-0.15, -0.1) is 11.3 Å². The van der Waals surface area contributed by atoms with Gasteiger partial charge in [-0.1, -0.05) is 79.9 Å². The second-order valence-corrected chi connectivity index (χ2v) is 10.6. The van der Waals surface area contributed by atoms with Crippen LogP contribution in [0, 0.1) is 0 Å². The van der Waals surface area contributed by atoms with Gasteiger partial charge in [0.2, 0.25) is 0 Å². The Labute approximate surface area is 254 Å². The van der Waals surface area contributed by atoms with E-state index < -0.39 is 6.10 Å². The first-order valence-corrected chi connectivity index (χ1v) is 14.5. The van der Waals surface area contributed by atoms with Crippen molar-refractivity contribution in [3.05, 3.63) is 109 Å². The van der Waals surface area contributed by atoms with E-state index >= 15 is 0 Å². The highest BCUT2D eigenvalue weighted by Crippen LogP contribution is 2.34. The third-order valence-electron chi connectivity index (χ3n) is 6.63. The summed E-state index contributed by atoms with van der Waals surface area (Å²) in [4.78, 5) is 25.5. The summed E-state index contributed by atoms with van der Waals surface area (Å²) < 4.78 is 2.90. The summed E-state index contributed by atoms with van der Waals surface area (Å²) in [6, 6.07) is 17.6. The maximum Gasteiger partial charge on any atom is 0.261 e. The van der Waals surface area contributed by atoms with Gasteiger partial charge >= 0.3 is 0 Å². The van der Waals surface area contributed by atoms with Crippen molar-refractivity contribution < 1.29 is 9.90 Å². The number of rotatable bonds is 6. The lowest BCUT2D eigenvalue weighted by Crippen LogP contribution is -2.21. The highest BCUT2D eigenvalue weighted by Gasteiger charge is 2.25. The van der Waals surface area contributed by atoms with Crippen LogP contribution in [0.25, 0.3) is 32.4 Å². The normalized spacial score (nSPS) is 15.5. The Morgan fingerprint density at radius 3 is 2.51 bits per heavy atom. The Hall–Kier alpha value is -4.93. The maximum atomic E-state index is 12.6. The molecule has 1 amide bonds. The van der Waals surface area contributed by atoms with Gasteiger partial charge in [0.05, 0.1) is 22.4 Å². The minimum atomic E-state index is -0.496. The zero-order valence-electron chi connectivity index (χ0n) is 24.2. The number of hydrogen-bond acceptors (Lipinski definition) is 8. The van der Waals surface area contributed by atoms with Gasteiger partial charge in [-0.3, -0.25) is 4.79 Å². The molecular formula is C33H35N7O2S. The molecule has 220 valence electrons. The van der Waals surface area contributed by atoms with E-state index in [-0.39, 0.29) is 11.9 Å². The van der Waals surface area contributed by atoms with E-state index in [0.29, 0.717) is 40.4 Å². The van der Waals surface area contributed by atoms with E-state index in [4.69, 9.17) is 10.8 Å². The first kappa shape index (κ1) is 31.0. The number of nitrogens with two attached hydrogens (primary N) is 1. The lowest BCUT2D eigenvalue weighted by Gasteiger charge is -2.10. The van der Waals surface area contributed by atoms with Gasteiger partial charge in [-0.05, 0) is 36.2 Å². The van der Waals surface area contributed by atoms with Crippen LogP contribution in [-0.4, -0.2) is 50.1 Å². The highest BCUT2D eigenvalue weighted by atomic mass is 32.1. The van der Waals surface area contributed by atoms with Crippen molar-refractivity contribution in [1.29, 1.82) is 0 Å². The summed E-state index contributed by atoms with van der Waals surface area (Å²) in [5, 5.41) is 19.5. The van der Waals surface area contributed by atoms with Crippen LogP contribution >= 0.6 is 11.3 Å². The molecule has 9 nitrogen and oxygen atoms in total. The lowest BCUT2D eigenvalue weighted by molar-refractivity contribution is 0.0955. The molecule has 2 aromatic carbocycles. The molecule has 2 unspecified atom stereocenters. The minimum absolute atomic E-state index is 0.0864. The average molecular weight is 594 g/mol. The van der Waals surface area contributed by atoms with Gasteiger partial charge in [0, 0.05) is 30.3 Å². The van der Waals surface area contributed by atoms with Crippen LogP contribution in [0.2, 0.25) is 0 Å². The summed E-state index contributed by atoms with van der Waals surface area (Å²) in [6.07, 6.45) is 10.2. The molecule has 0 radical (unpaired) electrons. The first-order chi connectivity index (χ1) is 20.9. The Bertz CT molecular complexity index is 1730. The highest BCUT2D eigenvalue weighted by molar-refractivity contribution is 7.20. The molecule has 10 heteroatoms. The van der Waals surface area contributed by atoms with Crippen LogP contribution in [-0.2, 0) is 6.54 Å². The number of aliphatic hydroxyl groups excluding tert-OH is 1. The lowest BCUT2D eigenvalue weighted by atomic mass is 10.1. The standard InChI is InChI=1S/C26H22N6O2S.C4H6.C3H7N/c27-24-22-23(31-32(25(22)30-14-29-24)18-9-10-19(33)12-18)16-7-5-15(6-8-16)13-28-26(34)21-11-17-3-1-2-4-20(17)35-21;2*1-3-4-2/h1-11,14,18-19,33H,12-13H2,(H,28,34)(H2,27,29,30);3-4H,1-2H2;3H,1-2H3. The molecule has 1 aliphatic rings. The second kappa shape index (κ2) is 14.8. The van der Waals surface area contributed by atoms with E-state index in [1.54, 1.807) is 36.2 Å². The molecule has 5 aromatic rings. The van der Waals surface area contributed by atoms with E-state index in [2.05, 4.69) is 33.4 Å². The zero-order valence-corrected chi connectivity index (χ0v) is 25.0. The summed E-state index contributed by atoms with van der Waals surface area (Å²) in [5.74, 6) is 0.273. The molecule has 0 fully saturated rings. The SMILES string of the molecule is C=CC=C.CC=NC.Nc1ncnc2c1c(-c1ccc(CNC(=O)c3cc4ccccc4s3)cc1)nn2C1C=CC(O)C1. The van der Waals surface area contributed by atoms with Crippen LogP contribution in [0.15, 0.2) is 103 Å². The van der Waals surface area contributed by atoms with Crippen molar-refractivity contribution in [3.8, 4) is 11.3 Å². The molecule has 4 N–H and O–H groups in total. The Morgan fingerprint density at radius 2 is 1.88 bits per heavy atom. The molecule has 0 saturated heterocycles. The molecule has 43 heavy (non-hydrogen) atoms. The van der Waals surface area contributed by atoms with Crippen LogP contribution in [0.5, 0.6) is 0 Å². The molecule has 0 spiro atoms. The van der Waals surface area contributed by atoms with Gasteiger partial charge in [0.1, 0.15) is 17.8 Å². The fourth-order valence-corrected chi connectivity index (χ4v) is 5.39. The predicted octanol–water partition coefficient (Wildman–Crippen LogP) is 6.15. The Kier molecular flexibility index (Phi) is 10.7. The molecule has 0 aliphatic heterocycles. The van der Waals surface area contributed by atoms with Crippen molar-refractivity contribution in [2.45, 2.75) is 32.0 Å². The maximum absolute atomic E-state index is 12.6. The second-order valence-electron chi connectivity index (χ2n) is 9.52. The number of nitrogens with one attached hydrogen (secondary N) is 1. The minimum Gasteiger partial charge on any atom is -0.389 e. The number of allylic oxidation sites excluding steroid dienone is 3. The Balaban J connectivity index is 0.000000474. The largest absolute Gasteiger partial charge is 0.389 e. The number of aliphatic hydroxyl groups is 1. The van der Waals surface area contributed by atoms with Crippen LogP contribution < -0.4 is 11.1 Å². The molecule has 3 aromatic heterocycles. The number of nitrogen functional groups attached to an aromatic ring is 1. The number of fused-ring (bicyclic) bond motifs is 2. The van der Waals surface area contributed by atoms with Gasteiger partial charge in [0.15, 0.2) is 5.65 Å². The molecule has 1 aliphatic carbocycles. The van der Waals surface area contributed by atoms with Crippen molar-refractivity contribution in [2.75, 3.05) is 12.8 Å². The van der Waals surface area contributed by atoms with Crippen molar-refractivity contribution in [1.82, 2.24) is 25.1 Å². The number of anilines is 1. The Morgan fingerprint density at radius 1 is 1.16 bits per heavy atom. The smallest absolute Gasteiger partial charge is 0.261 e. The van der Waals surface area contributed by atoms with Crippen molar-refractivity contribution >= 4 is 50.4 Å². The third-order valence-corrected chi connectivity index (χ3v) is 7.74. The number of aliphatic imine (C=N–C) groups is 1. The van der Waals surface area contributed by atoms with E-state index in [0.717, 1.165) is 21.2 Å². The van der Waals surface area contributed by atoms with Gasteiger partial charge < -0.3 is 21.1 Å². The number of benzene rings is 2. The molecule has 3 heterocycles. The quantitative estimate of drug-likeness (QED) is 0.123. The molecule has 2 atom stereocenters. The summed E-state index contributed by atoms with van der Waals surface area (Å²) in [6.45, 7) is 9.03. The third kappa shape index (κ3) is 7.48. The average Bonchev–Trinajstić information content (AvgIpc) is 3.77. The molecule has 0 saturated carbocycles. The van der Waals surface area contributed by atoms with Gasteiger partial charge in [0.25, 0.3) is 5.91 Å².